The molecule has 0 saturated heterocycles. The molecule has 1 aromatic heterocycles. The summed E-state index contributed by atoms with van der Waals surface area (Å²) >= 11 is 0. The Morgan fingerprint density at radius 3 is 2.19 bits per heavy atom. The number of alkyl halides is 6. The maximum atomic E-state index is 13.7. The predicted molar refractivity (Wildman–Crippen MR) is 58.3 cm³/mol. The third-order valence-corrected chi connectivity index (χ3v) is 2.42. The third-order valence-electron chi connectivity index (χ3n) is 2.42. The minimum atomic E-state index is -4.91. The summed E-state index contributed by atoms with van der Waals surface area (Å²) < 4.78 is 88.0. The molecule has 0 aliphatic carbocycles. The molecular weight excluding hydrogens is 307 g/mol. The Morgan fingerprint density at radius 1 is 1.00 bits per heavy atom. The van der Waals surface area contributed by atoms with Gasteiger partial charge in [0.1, 0.15) is 5.82 Å². The van der Waals surface area contributed by atoms with Crippen LogP contribution in [-0.2, 0) is 12.4 Å². The van der Waals surface area contributed by atoms with Crippen molar-refractivity contribution >= 4 is 11.5 Å². The lowest BCUT2D eigenvalue weighted by Crippen LogP contribution is -2.10. The van der Waals surface area contributed by atoms with Crippen LogP contribution in [0.15, 0.2) is 24.4 Å². The van der Waals surface area contributed by atoms with E-state index in [-0.39, 0.29) is 5.82 Å². The summed E-state index contributed by atoms with van der Waals surface area (Å²) in [5, 5.41) is 2.08. The van der Waals surface area contributed by atoms with E-state index in [0.29, 0.717) is 12.3 Å². The largest absolute Gasteiger partial charge is 0.449 e. The summed E-state index contributed by atoms with van der Waals surface area (Å²) in [4.78, 5) is 4.79. The zero-order valence-electron chi connectivity index (χ0n) is 9.90. The summed E-state index contributed by atoms with van der Waals surface area (Å²) in [6.07, 6.45) is -8.96. The van der Waals surface area contributed by atoms with Crippen molar-refractivity contribution in [2.45, 2.75) is 12.4 Å². The lowest BCUT2D eigenvalue weighted by molar-refractivity contribution is -0.144. The average molecular weight is 313 g/mol. The van der Waals surface area contributed by atoms with Gasteiger partial charge in [-0.05, 0) is 12.1 Å². The van der Waals surface area contributed by atoms with Crippen molar-refractivity contribution in [3.05, 3.63) is 41.6 Å². The fourth-order valence-corrected chi connectivity index (χ4v) is 1.52. The number of anilines is 2. The molecule has 0 saturated carbocycles. The molecule has 21 heavy (non-hydrogen) atoms. The average Bonchev–Trinajstić information content (AvgIpc) is 2.78. The normalized spacial score (nSPS) is 12.5. The van der Waals surface area contributed by atoms with Crippen molar-refractivity contribution in [3.8, 4) is 0 Å². The van der Waals surface area contributed by atoms with Gasteiger partial charge in [0.2, 0.25) is 5.82 Å². The van der Waals surface area contributed by atoms with Crippen molar-refractivity contribution in [3.63, 3.8) is 0 Å². The maximum absolute atomic E-state index is 13.7. The first-order chi connectivity index (χ1) is 9.59. The Balaban J connectivity index is 2.31. The molecule has 0 radical (unpaired) electrons. The van der Waals surface area contributed by atoms with E-state index in [0.717, 1.165) is 12.1 Å². The van der Waals surface area contributed by atoms with Crippen LogP contribution in [0.25, 0.3) is 0 Å². The van der Waals surface area contributed by atoms with E-state index in [9.17, 15) is 30.7 Å². The van der Waals surface area contributed by atoms with Gasteiger partial charge in [0.25, 0.3) is 0 Å². The van der Waals surface area contributed by atoms with Crippen molar-refractivity contribution < 1.29 is 30.7 Å². The molecule has 1 heterocycles. The first-order valence-corrected chi connectivity index (χ1v) is 5.34. The summed E-state index contributed by atoms with van der Waals surface area (Å²) in [5.74, 6) is -3.36. The minimum Gasteiger partial charge on any atom is -0.338 e. The van der Waals surface area contributed by atoms with Crippen LogP contribution >= 0.6 is 0 Å². The zero-order valence-corrected chi connectivity index (χ0v) is 9.90. The second-order valence-electron chi connectivity index (χ2n) is 3.93. The molecule has 0 atom stereocenters. The highest BCUT2D eigenvalue weighted by molar-refractivity contribution is 5.58. The lowest BCUT2D eigenvalue weighted by Gasteiger charge is -2.11. The number of halogens is 7. The molecule has 1 aromatic carbocycles. The number of nitrogens with one attached hydrogen (secondary N) is 2. The number of rotatable bonds is 2. The number of hydrogen-bond donors (Lipinski definition) is 2. The predicted octanol–water partition coefficient (Wildman–Crippen LogP) is 4.33. The number of benzene rings is 1. The van der Waals surface area contributed by atoms with Gasteiger partial charge in [-0.15, -0.1) is 0 Å². The van der Waals surface area contributed by atoms with Crippen LogP contribution in [0.3, 0.4) is 0 Å². The quantitative estimate of drug-likeness (QED) is 0.810. The van der Waals surface area contributed by atoms with E-state index in [2.05, 4.69) is 10.3 Å². The Labute approximate surface area is 112 Å². The molecule has 0 aliphatic rings. The van der Waals surface area contributed by atoms with Crippen LogP contribution < -0.4 is 5.32 Å². The van der Waals surface area contributed by atoms with Gasteiger partial charge in [0, 0.05) is 0 Å². The topological polar surface area (TPSA) is 40.7 Å². The highest BCUT2D eigenvalue weighted by Gasteiger charge is 2.36. The molecule has 0 spiro atoms. The monoisotopic (exact) mass is 313 g/mol. The number of nitrogens with zero attached hydrogens (tertiary/aromatic N) is 1. The van der Waals surface area contributed by atoms with E-state index < -0.39 is 35.2 Å². The van der Waals surface area contributed by atoms with Crippen molar-refractivity contribution in [2.75, 3.05) is 5.32 Å². The van der Waals surface area contributed by atoms with Gasteiger partial charge < -0.3 is 10.3 Å². The standard InChI is InChI=1S/C11H6F7N3/c12-8-5(10(13,14)15)2-1-3-6(8)20-7-4-19-9(21-7)11(16,17)18/h1-4,20H,(H,19,21). The molecule has 0 bridgehead atoms. The molecule has 114 valence electrons. The van der Waals surface area contributed by atoms with Gasteiger partial charge in [0.15, 0.2) is 5.82 Å². The molecule has 0 unspecified atom stereocenters. The van der Waals surface area contributed by atoms with E-state index in [1.165, 1.54) is 0 Å². The molecule has 0 aliphatic heterocycles. The highest BCUT2D eigenvalue weighted by Crippen LogP contribution is 2.35. The van der Waals surface area contributed by atoms with Gasteiger partial charge >= 0.3 is 12.4 Å². The smallest absolute Gasteiger partial charge is 0.338 e. The van der Waals surface area contributed by atoms with Gasteiger partial charge in [0.05, 0.1) is 17.4 Å². The van der Waals surface area contributed by atoms with Crippen LogP contribution in [0.2, 0.25) is 0 Å². The Kier molecular flexibility index (Phi) is 3.56. The molecule has 2 N–H and O–H groups in total. The molecule has 2 aromatic rings. The van der Waals surface area contributed by atoms with E-state index >= 15 is 0 Å². The summed E-state index contributed by atoms with van der Waals surface area (Å²) in [7, 11) is 0. The van der Waals surface area contributed by atoms with E-state index in [1.807, 2.05) is 0 Å². The van der Waals surface area contributed by atoms with Crippen LogP contribution in [0.1, 0.15) is 11.4 Å². The molecule has 10 heteroatoms. The Morgan fingerprint density at radius 2 is 1.67 bits per heavy atom. The maximum Gasteiger partial charge on any atom is 0.449 e. The van der Waals surface area contributed by atoms with Crippen molar-refractivity contribution in [1.29, 1.82) is 0 Å². The number of aromatic amines is 1. The zero-order chi connectivity index (χ0) is 15.8. The first kappa shape index (κ1) is 15.1. The summed E-state index contributed by atoms with van der Waals surface area (Å²) in [6, 6.07) is 2.41. The summed E-state index contributed by atoms with van der Waals surface area (Å²) in [6.45, 7) is 0. The number of hydrogen-bond acceptors (Lipinski definition) is 2. The Hall–Kier alpha value is -2.26. The second-order valence-corrected chi connectivity index (χ2v) is 3.93. The summed E-state index contributed by atoms with van der Waals surface area (Å²) in [5.41, 5.74) is -2.15. The van der Waals surface area contributed by atoms with Crippen LogP contribution in [0.4, 0.5) is 42.2 Å². The van der Waals surface area contributed by atoms with Crippen LogP contribution in [0.5, 0.6) is 0 Å². The molecule has 3 nitrogen and oxygen atoms in total. The van der Waals surface area contributed by atoms with Crippen molar-refractivity contribution in [2.24, 2.45) is 0 Å². The Bertz CT molecular complexity index is 642. The van der Waals surface area contributed by atoms with Crippen LogP contribution in [0, 0.1) is 5.82 Å². The van der Waals surface area contributed by atoms with E-state index in [1.54, 1.807) is 4.98 Å². The number of aromatic nitrogens is 2. The lowest BCUT2D eigenvalue weighted by atomic mass is 10.2. The SMILES string of the molecule is Fc1c(Nc2cnc(C(F)(F)F)[nH]2)cccc1C(F)(F)F. The first-order valence-electron chi connectivity index (χ1n) is 5.34. The van der Waals surface area contributed by atoms with Crippen LogP contribution in [-0.4, -0.2) is 9.97 Å². The van der Waals surface area contributed by atoms with Gasteiger partial charge in [-0.3, -0.25) is 0 Å². The fraction of sp³-hybridized carbons (Fsp3) is 0.182. The fourth-order valence-electron chi connectivity index (χ4n) is 1.52. The molecule has 2 rings (SSSR count). The number of imidazole rings is 1. The molecule has 0 amide bonds. The van der Waals surface area contributed by atoms with Gasteiger partial charge in [-0.1, -0.05) is 6.07 Å². The molecular formula is C11H6F7N3. The minimum absolute atomic E-state index is 0.388. The third kappa shape index (κ3) is 3.26. The van der Waals surface area contributed by atoms with Crippen molar-refractivity contribution in [1.82, 2.24) is 9.97 Å². The van der Waals surface area contributed by atoms with Gasteiger partial charge in [-0.2, -0.15) is 26.3 Å². The molecule has 0 fully saturated rings. The highest BCUT2D eigenvalue weighted by atomic mass is 19.4. The second kappa shape index (κ2) is 4.93. The number of H-pyrrole nitrogens is 1. The van der Waals surface area contributed by atoms with Gasteiger partial charge in [-0.25, -0.2) is 9.37 Å². The van der Waals surface area contributed by atoms with E-state index in [4.69, 9.17) is 0 Å².